The number of sulfone groups is 1. The standard InChI is InChI=1S/C16H21NO5S/c18-15(11-23(21,22)14-3-1-2-4-14)17-13-8-5-12(6-9-13)7-10-16(19)20/h5-6,8-9,14H,1-4,7,10-11H2,(H,17,18)(H,19,20). The number of anilines is 1. The van der Waals surface area contributed by atoms with Crippen molar-refractivity contribution in [2.45, 2.75) is 43.8 Å². The minimum Gasteiger partial charge on any atom is -0.481 e. The van der Waals surface area contributed by atoms with E-state index in [2.05, 4.69) is 5.32 Å². The van der Waals surface area contributed by atoms with Crippen molar-refractivity contribution in [3.8, 4) is 0 Å². The van der Waals surface area contributed by atoms with E-state index in [9.17, 15) is 18.0 Å². The van der Waals surface area contributed by atoms with Crippen LogP contribution in [0.4, 0.5) is 5.69 Å². The maximum Gasteiger partial charge on any atom is 0.303 e. The number of aliphatic carboxylic acids is 1. The number of nitrogens with one attached hydrogen (secondary N) is 1. The van der Waals surface area contributed by atoms with Crippen LogP contribution >= 0.6 is 0 Å². The lowest BCUT2D eigenvalue weighted by Crippen LogP contribution is -2.29. The second-order valence-electron chi connectivity index (χ2n) is 5.85. The van der Waals surface area contributed by atoms with Gasteiger partial charge in [0.1, 0.15) is 5.75 Å². The van der Waals surface area contributed by atoms with Crippen molar-refractivity contribution in [3.05, 3.63) is 29.8 Å². The number of carbonyl (C=O) groups is 2. The smallest absolute Gasteiger partial charge is 0.303 e. The lowest BCUT2D eigenvalue weighted by Gasteiger charge is -2.11. The summed E-state index contributed by atoms with van der Waals surface area (Å²) in [5, 5.41) is 10.8. The fourth-order valence-electron chi connectivity index (χ4n) is 2.75. The number of amides is 1. The van der Waals surface area contributed by atoms with Gasteiger partial charge in [-0.05, 0) is 37.0 Å². The number of carboxylic acids is 1. The summed E-state index contributed by atoms with van der Waals surface area (Å²) >= 11 is 0. The third kappa shape index (κ3) is 5.35. The molecule has 1 aromatic rings. The Balaban J connectivity index is 1.88. The van der Waals surface area contributed by atoms with Gasteiger partial charge in [0, 0.05) is 12.1 Å². The highest BCUT2D eigenvalue weighted by atomic mass is 32.2. The topological polar surface area (TPSA) is 101 Å². The number of carboxylic acid groups (broad SMARTS) is 1. The molecular formula is C16H21NO5S. The van der Waals surface area contributed by atoms with Gasteiger partial charge in [0.25, 0.3) is 0 Å². The quantitative estimate of drug-likeness (QED) is 0.791. The summed E-state index contributed by atoms with van der Waals surface area (Å²) in [6.07, 6.45) is 3.57. The molecule has 1 saturated carbocycles. The largest absolute Gasteiger partial charge is 0.481 e. The Labute approximate surface area is 135 Å². The molecular weight excluding hydrogens is 318 g/mol. The SMILES string of the molecule is O=C(O)CCc1ccc(NC(=O)CS(=O)(=O)C2CCCC2)cc1. The number of hydrogen-bond acceptors (Lipinski definition) is 4. The summed E-state index contributed by atoms with van der Waals surface area (Å²) in [5.41, 5.74) is 1.36. The Hall–Kier alpha value is -1.89. The molecule has 1 aromatic carbocycles. The Morgan fingerprint density at radius 1 is 1.13 bits per heavy atom. The monoisotopic (exact) mass is 339 g/mol. The minimum atomic E-state index is -3.38. The van der Waals surface area contributed by atoms with Gasteiger partial charge in [-0.25, -0.2) is 8.42 Å². The van der Waals surface area contributed by atoms with Crippen molar-refractivity contribution in [1.82, 2.24) is 0 Å². The second kappa shape index (κ2) is 7.59. The number of aryl methyl sites for hydroxylation is 1. The van der Waals surface area contributed by atoms with Crippen molar-refractivity contribution in [1.29, 1.82) is 0 Å². The predicted molar refractivity (Wildman–Crippen MR) is 87.1 cm³/mol. The van der Waals surface area contributed by atoms with E-state index in [1.54, 1.807) is 24.3 Å². The summed E-state index contributed by atoms with van der Waals surface area (Å²) in [7, 11) is -3.38. The molecule has 0 heterocycles. The molecule has 0 saturated heterocycles. The summed E-state index contributed by atoms with van der Waals surface area (Å²) in [6, 6.07) is 6.75. The molecule has 0 radical (unpaired) electrons. The maximum absolute atomic E-state index is 12.1. The zero-order valence-corrected chi connectivity index (χ0v) is 13.6. The van der Waals surface area contributed by atoms with E-state index in [0.717, 1.165) is 18.4 Å². The highest BCUT2D eigenvalue weighted by Crippen LogP contribution is 2.25. The van der Waals surface area contributed by atoms with Gasteiger partial charge in [0.2, 0.25) is 5.91 Å². The average Bonchev–Trinajstić information content (AvgIpc) is 3.01. The normalized spacial score (nSPS) is 15.5. The molecule has 126 valence electrons. The molecule has 1 fully saturated rings. The molecule has 0 unspecified atom stereocenters. The van der Waals surface area contributed by atoms with Crippen molar-refractivity contribution in [2.75, 3.05) is 11.1 Å². The Kier molecular flexibility index (Phi) is 5.76. The van der Waals surface area contributed by atoms with Crippen LogP contribution in [-0.2, 0) is 25.8 Å². The fraction of sp³-hybridized carbons (Fsp3) is 0.500. The molecule has 0 aromatic heterocycles. The van der Waals surface area contributed by atoms with Gasteiger partial charge >= 0.3 is 5.97 Å². The van der Waals surface area contributed by atoms with Crippen molar-refractivity contribution in [2.24, 2.45) is 0 Å². The van der Waals surface area contributed by atoms with Crippen molar-refractivity contribution in [3.63, 3.8) is 0 Å². The first-order chi connectivity index (χ1) is 10.9. The van der Waals surface area contributed by atoms with E-state index >= 15 is 0 Å². The van der Waals surface area contributed by atoms with E-state index in [1.165, 1.54) is 0 Å². The van der Waals surface area contributed by atoms with Gasteiger partial charge in [-0.15, -0.1) is 0 Å². The molecule has 1 aliphatic carbocycles. The van der Waals surface area contributed by atoms with Gasteiger partial charge < -0.3 is 10.4 Å². The van der Waals surface area contributed by atoms with E-state index < -0.39 is 27.5 Å². The first kappa shape index (κ1) is 17.5. The van der Waals surface area contributed by atoms with Gasteiger partial charge in [-0.2, -0.15) is 0 Å². The molecule has 0 bridgehead atoms. The van der Waals surface area contributed by atoms with Gasteiger partial charge in [-0.1, -0.05) is 25.0 Å². The van der Waals surface area contributed by atoms with Crippen LogP contribution in [0.1, 0.15) is 37.7 Å². The summed E-state index contributed by atoms with van der Waals surface area (Å²) < 4.78 is 24.2. The van der Waals surface area contributed by atoms with E-state index in [0.29, 0.717) is 24.9 Å². The van der Waals surface area contributed by atoms with Gasteiger partial charge in [-0.3, -0.25) is 9.59 Å². The van der Waals surface area contributed by atoms with Crippen LogP contribution in [-0.4, -0.2) is 36.4 Å². The molecule has 6 nitrogen and oxygen atoms in total. The predicted octanol–water partition coefficient (Wildman–Crippen LogP) is 2.00. The highest BCUT2D eigenvalue weighted by Gasteiger charge is 2.30. The molecule has 1 amide bonds. The number of benzene rings is 1. The Morgan fingerprint density at radius 2 is 1.74 bits per heavy atom. The summed E-state index contributed by atoms with van der Waals surface area (Å²) in [6.45, 7) is 0. The third-order valence-electron chi connectivity index (χ3n) is 4.01. The molecule has 0 aliphatic heterocycles. The molecule has 2 N–H and O–H groups in total. The van der Waals surface area contributed by atoms with Crippen molar-refractivity contribution < 1.29 is 23.1 Å². The van der Waals surface area contributed by atoms with E-state index in [1.807, 2.05) is 0 Å². The zero-order chi connectivity index (χ0) is 16.9. The van der Waals surface area contributed by atoms with Crippen LogP contribution in [0.3, 0.4) is 0 Å². The molecule has 1 aliphatic rings. The number of rotatable bonds is 7. The van der Waals surface area contributed by atoms with Crippen LogP contribution in [0.2, 0.25) is 0 Å². The van der Waals surface area contributed by atoms with Crippen molar-refractivity contribution >= 4 is 27.4 Å². The van der Waals surface area contributed by atoms with Crippen LogP contribution in [0.5, 0.6) is 0 Å². The Morgan fingerprint density at radius 3 is 2.30 bits per heavy atom. The maximum atomic E-state index is 12.1. The lowest BCUT2D eigenvalue weighted by molar-refractivity contribution is -0.137. The second-order valence-corrected chi connectivity index (χ2v) is 8.13. The summed E-state index contributed by atoms with van der Waals surface area (Å²) in [4.78, 5) is 22.4. The lowest BCUT2D eigenvalue weighted by atomic mass is 10.1. The average molecular weight is 339 g/mol. The van der Waals surface area contributed by atoms with E-state index in [4.69, 9.17) is 5.11 Å². The zero-order valence-electron chi connectivity index (χ0n) is 12.8. The number of carbonyl (C=O) groups excluding carboxylic acids is 1. The highest BCUT2D eigenvalue weighted by molar-refractivity contribution is 7.92. The van der Waals surface area contributed by atoms with E-state index in [-0.39, 0.29) is 11.7 Å². The molecule has 2 rings (SSSR count). The Bertz CT molecular complexity index is 660. The first-order valence-corrected chi connectivity index (χ1v) is 9.40. The third-order valence-corrected chi connectivity index (χ3v) is 6.16. The molecule has 0 atom stereocenters. The fourth-order valence-corrected chi connectivity index (χ4v) is 4.48. The summed E-state index contributed by atoms with van der Waals surface area (Å²) in [5.74, 6) is -1.88. The minimum absolute atomic E-state index is 0.0470. The number of hydrogen-bond donors (Lipinski definition) is 2. The van der Waals surface area contributed by atoms with Gasteiger partial charge in [0.15, 0.2) is 9.84 Å². The first-order valence-electron chi connectivity index (χ1n) is 7.69. The van der Waals surface area contributed by atoms with Crippen LogP contribution in [0.25, 0.3) is 0 Å². The van der Waals surface area contributed by atoms with Crippen LogP contribution < -0.4 is 5.32 Å². The van der Waals surface area contributed by atoms with Crippen LogP contribution in [0, 0.1) is 0 Å². The molecule has 7 heteroatoms. The van der Waals surface area contributed by atoms with Gasteiger partial charge in [0.05, 0.1) is 5.25 Å². The molecule has 0 spiro atoms. The molecule has 23 heavy (non-hydrogen) atoms. The van der Waals surface area contributed by atoms with Crippen LogP contribution in [0.15, 0.2) is 24.3 Å².